The van der Waals surface area contributed by atoms with Crippen LogP contribution in [-0.4, -0.2) is 40.5 Å². The number of rotatable bonds is 12. The molecule has 232 valence electrons. The van der Waals surface area contributed by atoms with Gasteiger partial charge in [-0.15, -0.1) is 0 Å². The zero-order chi connectivity index (χ0) is 33.1. The van der Waals surface area contributed by atoms with E-state index in [1.54, 1.807) is 31.2 Å². The van der Waals surface area contributed by atoms with Gasteiger partial charge in [-0.1, -0.05) is 6.07 Å². The summed E-state index contributed by atoms with van der Waals surface area (Å²) in [6, 6.07) is 21.5. The van der Waals surface area contributed by atoms with E-state index in [4.69, 9.17) is 9.47 Å². The molecule has 0 atom stereocenters. The van der Waals surface area contributed by atoms with Crippen LogP contribution in [0.3, 0.4) is 0 Å². The summed E-state index contributed by atoms with van der Waals surface area (Å²) in [7, 11) is 0. The highest BCUT2D eigenvalue weighted by Crippen LogP contribution is 2.28. The van der Waals surface area contributed by atoms with Crippen LogP contribution in [0.15, 0.2) is 102 Å². The average molecular weight is 624 g/mol. The standard InChI is InChI=1S/C32H25N5O9/c1-2-45-29-18-22(8-16-28(29)46-30(38)17-9-21-6-12-26(13-7-21)36(41)42)20-33-35-32(40)24-4-3-5-25(19-24)34-31(39)23-10-14-27(15-11-23)37(43)44/h3-20H,2H2,1H3,(H,34,39)(H,35,40)/b17-9+,33-20?. The maximum absolute atomic E-state index is 12.7. The second kappa shape index (κ2) is 15.2. The van der Waals surface area contributed by atoms with Gasteiger partial charge in [-0.3, -0.25) is 29.8 Å². The lowest BCUT2D eigenvalue weighted by molar-refractivity contribution is -0.385. The lowest BCUT2D eigenvalue weighted by atomic mass is 10.1. The van der Waals surface area contributed by atoms with Crippen LogP contribution in [0.5, 0.6) is 11.5 Å². The van der Waals surface area contributed by atoms with Gasteiger partial charge in [-0.05, 0) is 84.8 Å². The van der Waals surface area contributed by atoms with E-state index in [1.807, 2.05) is 0 Å². The number of hydrogen-bond donors (Lipinski definition) is 2. The van der Waals surface area contributed by atoms with Gasteiger partial charge in [0.25, 0.3) is 23.2 Å². The van der Waals surface area contributed by atoms with Crippen molar-refractivity contribution in [2.45, 2.75) is 6.92 Å². The first kappa shape index (κ1) is 32.2. The number of nitro benzene ring substituents is 2. The molecule has 0 radical (unpaired) electrons. The Morgan fingerprint density at radius 3 is 2.09 bits per heavy atom. The number of carbonyl (C=O) groups excluding carboxylic acids is 3. The zero-order valence-corrected chi connectivity index (χ0v) is 24.1. The molecule has 0 saturated heterocycles. The SMILES string of the molecule is CCOc1cc(C=NNC(=O)c2cccc(NC(=O)c3ccc([N+](=O)[O-])cc3)c2)ccc1OC(=O)/C=C/c1ccc([N+](=O)[O-])cc1. The van der Waals surface area contributed by atoms with E-state index in [1.165, 1.54) is 85.1 Å². The molecule has 46 heavy (non-hydrogen) atoms. The summed E-state index contributed by atoms with van der Waals surface area (Å²) < 4.78 is 11.0. The fourth-order valence-corrected chi connectivity index (χ4v) is 3.88. The van der Waals surface area contributed by atoms with Crippen LogP contribution in [0, 0.1) is 20.2 Å². The Morgan fingerprint density at radius 2 is 1.43 bits per heavy atom. The Bertz CT molecular complexity index is 1840. The van der Waals surface area contributed by atoms with Crippen molar-refractivity contribution in [2.24, 2.45) is 5.10 Å². The van der Waals surface area contributed by atoms with Crippen molar-refractivity contribution in [3.63, 3.8) is 0 Å². The van der Waals surface area contributed by atoms with Gasteiger partial charge in [0.1, 0.15) is 0 Å². The number of nitrogens with one attached hydrogen (secondary N) is 2. The van der Waals surface area contributed by atoms with Gasteiger partial charge < -0.3 is 14.8 Å². The number of nitro groups is 2. The summed E-state index contributed by atoms with van der Waals surface area (Å²) >= 11 is 0. The number of hydrazone groups is 1. The molecule has 0 heterocycles. The van der Waals surface area contributed by atoms with E-state index >= 15 is 0 Å². The highest BCUT2D eigenvalue weighted by molar-refractivity contribution is 6.05. The van der Waals surface area contributed by atoms with E-state index in [0.717, 1.165) is 0 Å². The van der Waals surface area contributed by atoms with Crippen LogP contribution in [0.1, 0.15) is 38.8 Å². The van der Waals surface area contributed by atoms with Crippen LogP contribution in [0.4, 0.5) is 17.1 Å². The summed E-state index contributed by atoms with van der Waals surface area (Å²) in [5.74, 6) is -1.36. The number of anilines is 1. The largest absolute Gasteiger partial charge is 0.490 e. The minimum atomic E-state index is -0.695. The van der Waals surface area contributed by atoms with Crippen LogP contribution in [0.2, 0.25) is 0 Å². The predicted octanol–water partition coefficient (Wildman–Crippen LogP) is 5.54. The van der Waals surface area contributed by atoms with E-state index < -0.39 is 27.6 Å². The molecule has 0 aliphatic rings. The fraction of sp³-hybridized carbons (Fsp3) is 0.0625. The summed E-state index contributed by atoms with van der Waals surface area (Å²) in [6.07, 6.45) is 4.00. The molecule has 4 rings (SSSR count). The molecule has 0 aromatic heterocycles. The topological polar surface area (TPSA) is 192 Å². The third-order valence-corrected chi connectivity index (χ3v) is 6.10. The summed E-state index contributed by atoms with van der Waals surface area (Å²) in [5, 5.41) is 28.2. The van der Waals surface area contributed by atoms with Crippen LogP contribution in [-0.2, 0) is 4.79 Å². The highest BCUT2D eigenvalue weighted by atomic mass is 16.6. The van der Waals surface area contributed by atoms with Gasteiger partial charge in [-0.2, -0.15) is 5.10 Å². The van der Waals surface area contributed by atoms with Crippen molar-refractivity contribution in [3.05, 3.63) is 140 Å². The Kier molecular flexibility index (Phi) is 10.6. The monoisotopic (exact) mass is 623 g/mol. The Labute approximate surface area is 261 Å². The van der Waals surface area contributed by atoms with Gasteiger partial charge in [0, 0.05) is 47.2 Å². The first-order valence-electron chi connectivity index (χ1n) is 13.5. The molecule has 0 aliphatic carbocycles. The smallest absolute Gasteiger partial charge is 0.336 e. The Balaban J connectivity index is 1.35. The highest BCUT2D eigenvalue weighted by Gasteiger charge is 2.13. The number of amides is 2. The molecular weight excluding hydrogens is 598 g/mol. The van der Waals surface area contributed by atoms with E-state index in [-0.39, 0.29) is 40.6 Å². The predicted molar refractivity (Wildman–Crippen MR) is 168 cm³/mol. The van der Waals surface area contributed by atoms with Crippen molar-refractivity contribution in [1.82, 2.24) is 5.43 Å². The molecule has 4 aromatic rings. The van der Waals surface area contributed by atoms with E-state index in [0.29, 0.717) is 16.8 Å². The fourth-order valence-electron chi connectivity index (χ4n) is 3.88. The molecule has 14 heteroatoms. The third kappa shape index (κ3) is 8.90. The number of carbonyl (C=O) groups is 3. The second-order valence-electron chi connectivity index (χ2n) is 9.28. The minimum Gasteiger partial charge on any atom is -0.490 e. The summed E-state index contributed by atoms with van der Waals surface area (Å²) in [5.41, 5.74) is 4.02. The maximum atomic E-state index is 12.7. The molecular formula is C32H25N5O9. The lowest BCUT2D eigenvalue weighted by Gasteiger charge is -2.10. The van der Waals surface area contributed by atoms with Gasteiger partial charge in [0.05, 0.1) is 22.7 Å². The van der Waals surface area contributed by atoms with Crippen molar-refractivity contribution in [2.75, 3.05) is 11.9 Å². The summed E-state index contributed by atoms with van der Waals surface area (Å²) in [4.78, 5) is 58.1. The zero-order valence-electron chi connectivity index (χ0n) is 24.1. The molecule has 0 unspecified atom stereocenters. The second-order valence-corrected chi connectivity index (χ2v) is 9.28. The van der Waals surface area contributed by atoms with Gasteiger partial charge in [-0.25, -0.2) is 10.2 Å². The molecule has 0 spiro atoms. The first-order valence-corrected chi connectivity index (χ1v) is 13.5. The molecule has 0 aliphatic heterocycles. The number of nitrogens with zero attached hydrogens (tertiary/aromatic N) is 3. The number of benzene rings is 4. The van der Waals surface area contributed by atoms with Crippen molar-refractivity contribution in [1.29, 1.82) is 0 Å². The van der Waals surface area contributed by atoms with Crippen molar-refractivity contribution < 1.29 is 33.7 Å². The number of hydrogen-bond acceptors (Lipinski definition) is 10. The quantitative estimate of drug-likeness (QED) is 0.0509. The third-order valence-electron chi connectivity index (χ3n) is 6.10. The number of esters is 1. The Hall–Kier alpha value is -6.70. The average Bonchev–Trinajstić information content (AvgIpc) is 3.05. The molecule has 0 bridgehead atoms. The molecule has 2 amide bonds. The lowest BCUT2D eigenvalue weighted by Crippen LogP contribution is -2.18. The maximum Gasteiger partial charge on any atom is 0.336 e. The van der Waals surface area contributed by atoms with Gasteiger partial charge >= 0.3 is 5.97 Å². The van der Waals surface area contributed by atoms with Crippen LogP contribution >= 0.6 is 0 Å². The van der Waals surface area contributed by atoms with Crippen LogP contribution in [0.25, 0.3) is 6.08 Å². The van der Waals surface area contributed by atoms with E-state index in [9.17, 15) is 34.6 Å². The Morgan fingerprint density at radius 1 is 0.783 bits per heavy atom. The molecule has 14 nitrogen and oxygen atoms in total. The molecule has 4 aromatic carbocycles. The molecule has 2 N–H and O–H groups in total. The minimum absolute atomic E-state index is 0.0674. The number of non-ortho nitro benzene ring substituents is 2. The van der Waals surface area contributed by atoms with E-state index in [2.05, 4.69) is 15.8 Å². The van der Waals surface area contributed by atoms with Crippen molar-refractivity contribution in [3.8, 4) is 11.5 Å². The number of ether oxygens (including phenoxy) is 2. The van der Waals surface area contributed by atoms with Crippen LogP contribution < -0.4 is 20.2 Å². The normalized spacial score (nSPS) is 10.8. The van der Waals surface area contributed by atoms with Crippen molar-refractivity contribution >= 4 is 47.1 Å². The van der Waals surface area contributed by atoms with Gasteiger partial charge in [0.2, 0.25) is 0 Å². The first-order chi connectivity index (χ1) is 22.1. The van der Waals surface area contributed by atoms with Gasteiger partial charge in [0.15, 0.2) is 11.5 Å². The summed E-state index contributed by atoms with van der Waals surface area (Å²) in [6.45, 7) is 2.03. The molecule has 0 saturated carbocycles. The molecule has 0 fully saturated rings.